The van der Waals surface area contributed by atoms with Crippen molar-refractivity contribution in [1.82, 2.24) is 0 Å². The van der Waals surface area contributed by atoms with Crippen LogP contribution in [0.3, 0.4) is 0 Å². The number of aryl methyl sites for hydroxylation is 1. The molecule has 0 aliphatic heterocycles. The first kappa shape index (κ1) is 20.1. The van der Waals surface area contributed by atoms with Crippen molar-refractivity contribution in [2.24, 2.45) is 0 Å². The highest BCUT2D eigenvalue weighted by atomic mass is 35.5. The maximum Gasteiger partial charge on any atom is 0.318 e. The molecule has 0 amide bonds. The Balaban J connectivity index is 1.87. The van der Waals surface area contributed by atoms with Gasteiger partial charge in [0.15, 0.2) is 0 Å². The van der Waals surface area contributed by atoms with Gasteiger partial charge in [-0.05, 0) is 36.8 Å². The van der Waals surface area contributed by atoms with Crippen LogP contribution in [0.4, 0.5) is 17.1 Å². The van der Waals surface area contributed by atoms with E-state index < -0.39 is 15.5 Å². The number of rotatable bonds is 7. The summed E-state index contributed by atoms with van der Waals surface area (Å²) in [5, 5.41) is 26.1. The van der Waals surface area contributed by atoms with Gasteiger partial charge in [-0.15, -0.1) is 0 Å². The van der Waals surface area contributed by atoms with Crippen LogP contribution < -0.4 is 10.1 Å². The largest absolute Gasteiger partial charge is 0.450 e. The smallest absolute Gasteiger partial charge is 0.318 e. The Morgan fingerprint density at radius 2 is 1.72 bits per heavy atom. The Kier molecular flexibility index (Phi) is 5.94. The van der Waals surface area contributed by atoms with Crippen LogP contribution in [0, 0.1) is 27.2 Å². The van der Waals surface area contributed by atoms with Crippen LogP contribution in [0.25, 0.3) is 0 Å². The molecule has 1 N–H and O–H groups in total. The van der Waals surface area contributed by atoms with Crippen molar-refractivity contribution in [2.45, 2.75) is 13.5 Å². The van der Waals surface area contributed by atoms with Gasteiger partial charge in [-0.2, -0.15) is 0 Å². The van der Waals surface area contributed by atoms with Crippen LogP contribution in [0.5, 0.6) is 11.5 Å². The molecule has 0 heterocycles. The molecule has 0 bridgehead atoms. The third kappa shape index (κ3) is 4.80. The summed E-state index contributed by atoms with van der Waals surface area (Å²) < 4.78 is 5.75. The van der Waals surface area contributed by atoms with Gasteiger partial charge in [0.05, 0.1) is 15.9 Å². The van der Waals surface area contributed by atoms with E-state index in [0.29, 0.717) is 17.3 Å². The first-order valence-corrected chi connectivity index (χ1v) is 8.91. The highest BCUT2D eigenvalue weighted by molar-refractivity contribution is 6.30. The molecular formula is C20H16ClN3O5. The minimum atomic E-state index is -0.710. The van der Waals surface area contributed by atoms with Gasteiger partial charge in [-0.1, -0.05) is 35.9 Å². The molecule has 8 nitrogen and oxygen atoms in total. The number of benzene rings is 3. The monoisotopic (exact) mass is 413 g/mol. The molecule has 3 rings (SSSR count). The van der Waals surface area contributed by atoms with Crippen molar-refractivity contribution in [1.29, 1.82) is 0 Å². The molecule has 0 fully saturated rings. The van der Waals surface area contributed by atoms with Gasteiger partial charge in [-0.3, -0.25) is 20.2 Å². The maximum absolute atomic E-state index is 11.3. The van der Waals surface area contributed by atoms with Crippen LogP contribution in [0.1, 0.15) is 11.1 Å². The van der Waals surface area contributed by atoms with Crippen molar-refractivity contribution in [3.05, 3.63) is 97.0 Å². The quantitative estimate of drug-likeness (QED) is 0.383. The number of nitro benzene ring substituents is 2. The highest BCUT2D eigenvalue weighted by Crippen LogP contribution is 2.35. The van der Waals surface area contributed by atoms with Crippen LogP contribution in [0.15, 0.2) is 60.7 Å². The molecule has 0 atom stereocenters. The van der Waals surface area contributed by atoms with Gasteiger partial charge in [-0.25, -0.2) is 0 Å². The topological polar surface area (TPSA) is 108 Å². The molecule has 3 aromatic carbocycles. The molecule has 9 heteroatoms. The number of nitrogens with one attached hydrogen (secondary N) is 1. The summed E-state index contributed by atoms with van der Waals surface area (Å²) in [6.07, 6.45) is 0. The Hall–Kier alpha value is -3.65. The first-order valence-electron chi connectivity index (χ1n) is 8.54. The predicted molar refractivity (Wildman–Crippen MR) is 110 cm³/mol. The third-order valence-corrected chi connectivity index (χ3v) is 4.45. The second-order valence-corrected chi connectivity index (χ2v) is 6.63. The van der Waals surface area contributed by atoms with Gasteiger partial charge < -0.3 is 10.1 Å². The standard InChI is InChI=1S/C20H16ClN3O5/c1-13-6-7-15(21)10-17(13)22-12-14-4-2-3-5-19(14)29-20-9-8-16(23(25)26)11-18(20)24(27)28/h2-11,22H,12H2,1H3. The van der Waals surface area contributed by atoms with Crippen LogP contribution >= 0.6 is 11.6 Å². The van der Waals surface area contributed by atoms with Gasteiger partial charge in [0.2, 0.25) is 5.75 Å². The summed E-state index contributed by atoms with van der Waals surface area (Å²) in [6.45, 7) is 2.33. The van der Waals surface area contributed by atoms with E-state index in [1.807, 2.05) is 31.2 Å². The summed E-state index contributed by atoms with van der Waals surface area (Å²) in [5.41, 5.74) is 1.76. The first-order chi connectivity index (χ1) is 13.8. The number of para-hydroxylation sites is 1. The Morgan fingerprint density at radius 3 is 2.45 bits per heavy atom. The van der Waals surface area contributed by atoms with E-state index in [4.69, 9.17) is 16.3 Å². The van der Waals surface area contributed by atoms with Crippen molar-refractivity contribution in [3.63, 3.8) is 0 Å². The van der Waals surface area contributed by atoms with E-state index in [9.17, 15) is 20.2 Å². The van der Waals surface area contributed by atoms with Gasteiger partial charge in [0.1, 0.15) is 5.75 Å². The lowest BCUT2D eigenvalue weighted by molar-refractivity contribution is -0.394. The predicted octanol–water partition coefficient (Wildman–Crippen LogP) is 5.87. The van der Waals surface area contributed by atoms with Gasteiger partial charge in [0.25, 0.3) is 5.69 Å². The second-order valence-electron chi connectivity index (χ2n) is 6.19. The lowest BCUT2D eigenvalue weighted by Crippen LogP contribution is -2.03. The second kappa shape index (κ2) is 8.57. The number of ether oxygens (including phenoxy) is 1. The van der Waals surface area contributed by atoms with Crippen LogP contribution in [-0.2, 0) is 6.54 Å². The zero-order valence-electron chi connectivity index (χ0n) is 15.3. The molecule has 148 valence electrons. The molecule has 0 saturated heterocycles. The Morgan fingerprint density at radius 1 is 0.966 bits per heavy atom. The Bertz CT molecular complexity index is 1090. The molecule has 0 aliphatic rings. The van der Waals surface area contributed by atoms with E-state index >= 15 is 0 Å². The fraction of sp³-hybridized carbons (Fsp3) is 0.100. The van der Waals surface area contributed by atoms with Crippen LogP contribution in [0.2, 0.25) is 5.02 Å². The molecule has 0 unspecified atom stereocenters. The minimum Gasteiger partial charge on any atom is -0.450 e. The zero-order chi connectivity index (χ0) is 21.0. The Labute approximate surface area is 171 Å². The normalized spacial score (nSPS) is 10.4. The van der Waals surface area contributed by atoms with Crippen molar-refractivity contribution in [2.75, 3.05) is 5.32 Å². The van der Waals surface area contributed by atoms with Gasteiger partial charge in [0, 0.05) is 28.9 Å². The summed E-state index contributed by atoms with van der Waals surface area (Å²) in [4.78, 5) is 20.8. The van der Waals surface area contributed by atoms with Crippen molar-refractivity contribution in [3.8, 4) is 11.5 Å². The molecule has 0 radical (unpaired) electrons. The average molecular weight is 414 g/mol. The van der Waals surface area contributed by atoms with E-state index in [-0.39, 0.29) is 11.4 Å². The maximum atomic E-state index is 11.3. The minimum absolute atomic E-state index is 0.0769. The molecule has 0 aliphatic carbocycles. The summed E-state index contributed by atoms with van der Waals surface area (Å²) in [6, 6.07) is 15.8. The van der Waals surface area contributed by atoms with Gasteiger partial charge >= 0.3 is 5.69 Å². The molecule has 0 spiro atoms. The van der Waals surface area contributed by atoms with Crippen LogP contribution in [-0.4, -0.2) is 9.85 Å². The highest BCUT2D eigenvalue weighted by Gasteiger charge is 2.21. The number of hydrogen-bond donors (Lipinski definition) is 1. The summed E-state index contributed by atoms with van der Waals surface area (Å²) in [7, 11) is 0. The number of non-ortho nitro benzene ring substituents is 1. The summed E-state index contributed by atoms with van der Waals surface area (Å²) in [5.74, 6) is 0.323. The molecule has 3 aromatic rings. The third-order valence-electron chi connectivity index (χ3n) is 4.21. The van der Waals surface area contributed by atoms with E-state index in [0.717, 1.165) is 22.9 Å². The van der Waals surface area contributed by atoms with E-state index in [1.54, 1.807) is 18.2 Å². The average Bonchev–Trinajstić information content (AvgIpc) is 2.69. The molecule has 0 saturated carbocycles. The lowest BCUT2D eigenvalue weighted by atomic mass is 10.1. The fourth-order valence-corrected chi connectivity index (χ4v) is 2.86. The van der Waals surface area contributed by atoms with E-state index in [2.05, 4.69) is 5.32 Å². The number of halogens is 1. The zero-order valence-corrected chi connectivity index (χ0v) is 16.1. The van der Waals surface area contributed by atoms with Crippen molar-refractivity contribution < 1.29 is 14.6 Å². The number of nitrogens with zero attached hydrogens (tertiary/aromatic N) is 2. The fourth-order valence-electron chi connectivity index (χ4n) is 2.69. The number of nitro groups is 2. The molecular weight excluding hydrogens is 398 g/mol. The van der Waals surface area contributed by atoms with E-state index in [1.165, 1.54) is 12.1 Å². The SMILES string of the molecule is Cc1ccc(Cl)cc1NCc1ccccc1Oc1ccc([N+](=O)[O-])cc1[N+](=O)[O-]. The van der Waals surface area contributed by atoms with Crippen molar-refractivity contribution >= 4 is 28.7 Å². The lowest BCUT2D eigenvalue weighted by Gasteiger charge is -2.14. The summed E-state index contributed by atoms with van der Waals surface area (Å²) >= 11 is 6.04. The molecule has 0 aromatic heterocycles. The number of hydrogen-bond acceptors (Lipinski definition) is 6. The number of anilines is 1. The molecule has 29 heavy (non-hydrogen) atoms.